The molecule has 6 nitrogen and oxygen atoms in total. The summed E-state index contributed by atoms with van der Waals surface area (Å²) in [5.41, 5.74) is 13.3. The first-order chi connectivity index (χ1) is 9.02. The van der Waals surface area contributed by atoms with Gasteiger partial charge >= 0.3 is 0 Å². The molecule has 0 saturated carbocycles. The van der Waals surface area contributed by atoms with Crippen LogP contribution in [0.25, 0.3) is 10.9 Å². The Morgan fingerprint density at radius 1 is 1.38 bits per heavy atom. The highest BCUT2D eigenvalue weighted by atomic mass is 35.5. The fourth-order valence-corrected chi connectivity index (χ4v) is 1.71. The Hall–Kier alpha value is -1.92. The lowest BCUT2D eigenvalue weighted by Gasteiger charge is -2.13. The maximum Gasteiger partial charge on any atom is 0.296 e. The van der Waals surface area contributed by atoms with Gasteiger partial charge in [0.25, 0.3) is 5.91 Å². The molecule has 0 spiro atoms. The average Bonchev–Trinajstić information content (AvgIpc) is 2.83. The van der Waals surface area contributed by atoms with E-state index in [1.165, 1.54) is 0 Å². The largest absolute Gasteiger partial charge is 0.398 e. The molecular weight excluding hydrogens is 313 g/mol. The molecule has 5 N–H and O–H groups in total. The topological polar surface area (TPSA) is 100 Å². The van der Waals surface area contributed by atoms with E-state index in [1.807, 2.05) is 19.1 Å². The van der Waals surface area contributed by atoms with Crippen LogP contribution < -0.4 is 11.5 Å². The van der Waals surface area contributed by atoms with Crippen molar-refractivity contribution >= 4 is 53.3 Å². The number of H-pyrrole nitrogens is 1. The monoisotopic (exact) mass is 331 g/mol. The zero-order chi connectivity index (χ0) is 14.0. The van der Waals surface area contributed by atoms with E-state index in [-0.39, 0.29) is 30.8 Å². The summed E-state index contributed by atoms with van der Waals surface area (Å²) in [6.45, 7) is 2.61. The van der Waals surface area contributed by atoms with Gasteiger partial charge in [0.05, 0.1) is 0 Å². The third-order valence-electron chi connectivity index (χ3n) is 3.01. The van der Waals surface area contributed by atoms with Crippen molar-refractivity contribution in [1.29, 1.82) is 0 Å². The molecule has 0 radical (unpaired) electrons. The highest BCUT2D eigenvalue weighted by Crippen LogP contribution is 2.21. The smallest absolute Gasteiger partial charge is 0.296 e. The number of aromatic amines is 1. The zero-order valence-electron chi connectivity index (χ0n) is 11.8. The van der Waals surface area contributed by atoms with E-state index in [0.717, 1.165) is 10.9 Å². The molecule has 2 aromatic rings. The molecule has 0 fully saturated rings. The first-order valence-electron chi connectivity index (χ1n) is 5.99. The first kappa shape index (κ1) is 19.1. The number of aromatic nitrogens is 1. The van der Waals surface area contributed by atoms with Crippen molar-refractivity contribution in [3.05, 3.63) is 30.0 Å². The Kier molecular flexibility index (Phi) is 7.05. The van der Waals surface area contributed by atoms with Crippen LogP contribution in [0.3, 0.4) is 0 Å². The summed E-state index contributed by atoms with van der Waals surface area (Å²) in [6.07, 6.45) is 0. The molecule has 1 aromatic heterocycles. The number of amides is 1. The molecule has 0 saturated heterocycles. The van der Waals surface area contributed by atoms with Gasteiger partial charge in [0.2, 0.25) is 0 Å². The quantitative estimate of drug-likeness (QED) is 0.445. The fraction of sp³-hybridized carbons (Fsp3) is 0.231. The molecule has 8 heteroatoms. The van der Waals surface area contributed by atoms with Gasteiger partial charge in [-0.2, -0.15) is 4.99 Å². The highest BCUT2D eigenvalue weighted by molar-refractivity contribution is 6.05. The molecule has 0 aliphatic heterocycles. The number of aliphatic imine (C=N–C) groups is 1. The Balaban J connectivity index is 0.00000200. The van der Waals surface area contributed by atoms with Crippen molar-refractivity contribution in [2.75, 3.05) is 19.3 Å². The van der Waals surface area contributed by atoms with Gasteiger partial charge in [-0.3, -0.25) is 4.79 Å². The lowest BCUT2D eigenvalue weighted by atomic mass is 10.2. The fourth-order valence-electron chi connectivity index (χ4n) is 1.71. The van der Waals surface area contributed by atoms with Gasteiger partial charge in [-0.15, -0.1) is 24.8 Å². The molecule has 0 aliphatic rings. The summed E-state index contributed by atoms with van der Waals surface area (Å²) < 4.78 is 0. The Bertz CT molecular complexity index is 653. The summed E-state index contributed by atoms with van der Waals surface area (Å²) in [5, 5.41) is 0.809. The molecule has 116 valence electrons. The van der Waals surface area contributed by atoms with Gasteiger partial charge < -0.3 is 21.4 Å². The van der Waals surface area contributed by atoms with Crippen molar-refractivity contribution in [1.82, 2.24) is 9.88 Å². The van der Waals surface area contributed by atoms with Crippen LogP contribution in [0, 0.1) is 0 Å². The van der Waals surface area contributed by atoms with Crippen LogP contribution in [-0.4, -0.2) is 35.3 Å². The summed E-state index contributed by atoms with van der Waals surface area (Å²) in [5.74, 6) is -0.215. The van der Waals surface area contributed by atoms with Crippen LogP contribution in [0.4, 0.5) is 5.69 Å². The van der Waals surface area contributed by atoms with E-state index < -0.39 is 5.91 Å². The van der Waals surface area contributed by atoms with Gasteiger partial charge in [-0.1, -0.05) is 6.07 Å². The number of nitrogens with zero attached hydrogens (tertiary/aromatic N) is 2. The number of benzene rings is 1. The van der Waals surface area contributed by atoms with E-state index in [2.05, 4.69) is 9.98 Å². The van der Waals surface area contributed by atoms with Crippen LogP contribution in [0.5, 0.6) is 0 Å². The number of nitrogens with one attached hydrogen (secondary N) is 1. The number of carbonyl (C=O) groups is 1. The molecule has 2 rings (SSSR count). The summed E-state index contributed by atoms with van der Waals surface area (Å²) in [4.78, 5) is 20.5. The molecule has 0 unspecified atom stereocenters. The van der Waals surface area contributed by atoms with Gasteiger partial charge in [-0.25, -0.2) is 0 Å². The van der Waals surface area contributed by atoms with Gasteiger partial charge in [-0.05, 0) is 25.1 Å². The lowest BCUT2D eigenvalue weighted by molar-refractivity contribution is 0.0997. The minimum absolute atomic E-state index is 0. The first-order valence-corrected chi connectivity index (χ1v) is 5.99. The second-order valence-electron chi connectivity index (χ2n) is 4.28. The number of hydrogen-bond donors (Lipinski definition) is 3. The number of hydrogen-bond acceptors (Lipinski definition) is 2. The van der Waals surface area contributed by atoms with Crippen molar-refractivity contribution in [3.8, 4) is 0 Å². The minimum atomic E-state index is -0.409. The summed E-state index contributed by atoms with van der Waals surface area (Å²) in [7, 11) is 1.77. The average molecular weight is 332 g/mol. The predicted molar refractivity (Wildman–Crippen MR) is 91.5 cm³/mol. The maximum atomic E-state index is 12.0. The Morgan fingerprint density at radius 3 is 2.62 bits per heavy atom. The second-order valence-corrected chi connectivity index (χ2v) is 4.28. The Labute approximate surface area is 135 Å². The number of rotatable bonds is 2. The number of halogens is 2. The van der Waals surface area contributed by atoms with Crippen LogP contribution >= 0.6 is 24.8 Å². The normalized spacial score (nSPS) is 10.7. The van der Waals surface area contributed by atoms with E-state index in [4.69, 9.17) is 11.5 Å². The maximum absolute atomic E-state index is 12.0. The molecule has 0 atom stereocenters. The third-order valence-corrected chi connectivity index (χ3v) is 3.01. The van der Waals surface area contributed by atoms with Gasteiger partial charge in [0.1, 0.15) is 5.69 Å². The number of nitrogens with two attached hydrogens (primary N) is 2. The minimum Gasteiger partial charge on any atom is -0.398 e. The molecular formula is C13H19Cl2N5O. The molecule has 1 amide bonds. The number of carbonyl (C=O) groups excluding carboxylic acids is 1. The van der Waals surface area contributed by atoms with Crippen molar-refractivity contribution in [3.63, 3.8) is 0 Å². The third kappa shape index (κ3) is 4.03. The van der Waals surface area contributed by atoms with Crippen molar-refractivity contribution in [2.24, 2.45) is 10.7 Å². The second kappa shape index (κ2) is 7.75. The molecule has 0 bridgehead atoms. The number of fused-ring (bicyclic) bond motifs is 1. The predicted octanol–water partition coefficient (Wildman–Crippen LogP) is 2.00. The molecule has 21 heavy (non-hydrogen) atoms. The van der Waals surface area contributed by atoms with Crippen molar-refractivity contribution in [2.45, 2.75) is 6.92 Å². The number of nitrogen functional groups attached to an aromatic ring is 1. The highest BCUT2D eigenvalue weighted by Gasteiger charge is 2.11. The standard InChI is InChI=1S/C13H17N5O.2ClH/c1-3-18(2)13(15)17-12(19)11-7-8-9(14)5-4-6-10(8)16-11;;/h4-7,16H,3,14H2,1-2H3,(H2,15,17,19);2*1H. The Morgan fingerprint density at radius 2 is 2.05 bits per heavy atom. The number of anilines is 1. The van der Waals surface area contributed by atoms with Gasteiger partial charge in [0.15, 0.2) is 5.96 Å². The SMILES string of the molecule is CCN(C)C(N)=NC(=O)c1cc2c(N)cccc2[nH]1.Cl.Cl. The van der Waals surface area contributed by atoms with E-state index in [9.17, 15) is 4.79 Å². The summed E-state index contributed by atoms with van der Waals surface area (Å²) in [6, 6.07) is 7.15. The summed E-state index contributed by atoms with van der Waals surface area (Å²) >= 11 is 0. The van der Waals surface area contributed by atoms with Crippen LogP contribution in [0.1, 0.15) is 17.4 Å². The molecule has 1 heterocycles. The van der Waals surface area contributed by atoms with Crippen molar-refractivity contribution < 1.29 is 4.79 Å². The lowest BCUT2D eigenvalue weighted by Crippen LogP contribution is -2.34. The molecule has 1 aromatic carbocycles. The zero-order valence-corrected chi connectivity index (χ0v) is 13.4. The van der Waals surface area contributed by atoms with E-state index in [0.29, 0.717) is 17.9 Å². The van der Waals surface area contributed by atoms with E-state index in [1.54, 1.807) is 24.1 Å². The van der Waals surface area contributed by atoms with Crippen LogP contribution in [0.2, 0.25) is 0 Å². The van der Waals surface area contributed by atoms with Gasteiger partial charge in [0, 0.05) is 30.2 Å². The van der Waals surface area contributed by atoms with Crippen LogP contribution in [-0.2, 0) is 0 Å². The van der Waals surface area contributed by atoms with E-state index >= 15 is 0 Å². The van der Waals surface area contributed by atoms with Crippen LogP contribution in [0.15, 0.2) is 29.3 Å². The molecule has 0 aliphatic carbocycles. The number of guanidine groups is 1.